The molecule has 0 bridgehead atoms. The minimum atomic E-state index is -4.54. The number of aromatic nitrogens is 5. The number of nitrogens with zero attached hydrogens (tertiary/aromatic N) is 4. The number of hydrogen-bond acceptors (Lipinski definition) is 6. The normalized spacial score (nSPS) is 11.4. The van der Waals surface area contributed by atoms with Crippen molar-refractivity contribution in [2.24, 2.45) is 0 Å². The van der Waals surface area contributed by atoms with Crippen molar-refractivity contribution in [3.8, 4) is 11.4 Å². The number of aromatic amines is 1. The molecule has 5 aromatic rings. The van der Waals surface area contributed by atoms with Crippen LogP contribution < -0.4 is 10.6 Å². The van der Waals surface area contributed by atoms with Gasteiger partial charge in [0.05, 0.1) is 11.9 Å². The number of carbonyl (C=O) groups excluding carboxylic acids is 1. The number of fused-ring (bicyclic) bond motifs is 1. The van der Waals surface area contributed by atoms with Crippen molar-refractivity contribution in [2.45, 2.75) is 13.1 Å². The minimum absolute atomic E-state index is 0.101. The van der Waals surface area contributed by atoms with E-state index in [9.17, 15) is 18.0 Å². The molecule has 0 aliphatic heterocycles. The topological polar surface area (TPSA) is 108 Å². The molecule has 0 radical (unpaired) electrons. The van der Waals surface area contributed by atoms with Crippen molar-refractivity contribution in [2.75, 3.05) is 10.6 Å². The fourth-order valence-electron chi connectivity index (χ4n) is 3.55. The van der Waals surface area contributed by atoms with Gasteiger partial charge in [0.25, 0.3) is 5.91 Å². The van der Waals surface area contributed by atoms with Crippen molar-refractivity contribution in [1.82, 2.24) is 24.9 Å². The first-order valence-electron chi connectivity index (χ1n) is 10.8. The second-order valence-electron chi connectivity index (χ2n) is 7.93. The number of alkyl halides is 3. The van der Waals surface area contributed by atoms with E-state index in [2.05, 4.69) is 35.6 Å². The number of imidazole rings is 1. The predicted molar refractivity (Wildman–Crippen MR) is 129 cm³/mol. The standard InChI is InChI=1S/C25H18F3N7O/c1-14-7-8-18(32-24(36)15-4-2-6-17(10-15)25(26,27)28)11-19(14)33-23-20-22(31-13-30-20)34-21(35-23)16-5-3-9-29-12-16/h2-13H,1H3,(H,32,36)(H2,30,31,33,34,35). The Kier molecular flexibility index (Phi) is 5.80. The third-order valence-corrected chi connectivity index (χ3v) is 5.41. The molecule has 2 aromatic carbocycles. The second-order valence-corrected chi connectivity index (χ2v) is 7.93. The van der Waals surface area contributed by atoms with Gasteiger partial charge in [0, 0.05) is 34.9 Å². The monoisotopic (exact) mass is 489 g/mol. The SMILES string of the molecule is Cc1ccc(NC(=O)c2cccc(C(F)(F)F)c2)cc1Nc1nc(-c2cccnc2)nc2nc[nH]c12. The zero-order chi connectivity index (χ0) is 25.3. The first-order valence-corrected chi connectivity index (χ1v) is 10.8. The third-order valence-electron chi connectivity index (χ3n) is 5.41. The lowest BCUT2D eigenvalue weighted by atomic mass is 10.1. The summed E-state index contributed by atoms with van der Waals surface area (Å²) in [6, 6.07) is 13.0. The zero-order valence-corrected chi connectivity index (χ0v) is 18.8. The zero-order valence-electron chi connectivity index (χ0n) is 18.8. The summed E-state index contributed by atoms with van der Waals surface area (Å²) < 4.78 is 39.1. The molecule has 11 heteroatoms. The smallest absolute Gasteiger partial charge is 0.340 e. The van der Waals surface area contributed by atoms with Crippen LogP contribution in [0.5, 0.6) is 0 Å². The minimum Gasteiger partial charge on any atom is -0.340 e. The van der Waals surface area contributed by atoms with Gasteiger partial charge in [-0.2, -0.15) is 13.2 Å². The molecule has 36 heavy (non-hydrogen) atoms. The van der Waals surface area contributed by atoms with Crippen molar-refractivity contribution < 1.29 is 18.0 Å². The molecule has 3 aromatic heterocycles. The number of anilines is 3. The summed E-state index contributed by atoms with van der Waals surface area (Å²) in [5, 5.41) is 5.90. The Hall–Kier alpha value is -4.80. The highest BCUT2D eigenvalue weighted by Gasteiger charge is 2.30. The van der Waals surface area contributed by atoms with E-state index in [4.69, 9.17) is 0 Å². The maximum Gasteiger partial charge on any atom is 0.416 e. The van der Waals surface area contributed by atoms with Crippen LogP contribution >= 0.6 is 0 Å². The molecule has 3 heterocycles. The van der Waals surface area contributed by atoms with Gasteiger partial charge in [-0.15, -0.1) is 0 Å². The molecule has 0 unspecified atom stereocenters. The van der Waals surface area contributed by atoms with Gasteiger partial charge in [0.1, 0.15) is 5.52 Å². The Morgan fingerprint density at radius 3 is 2.67 bits per heavy atom. The van der Waals surface area contributed by atoms with E-state index in [-0.39, 0.29) is 5.56 Å². The molecular formula is C25H18F3N7O. The number of amides is 1. The molecule has 8 nitrogen and oxygen atoms in total. The van der Waals surface area contributed by atoms with Crippen LogP contribution in [0.2, 0.25) is 0 Å². The molecule has 3 N–H and O–H groups in total. The molecule has 0 saturated heterocycles. The highest BCUT2D eigenvalue weighted by atomic mass is 19.4. The molecule has 0 saturated carbocycles. The molecule has 0 aliphatic carbocycles. The van der Waals surface area contributed by atoms with Crippen molar-refractivity contribution in [3.05, 3.63) is 90.0 Å². The Labute approximate surface area is 202 Å². The molecule has 0 aliphatic rings. The van der Waals surface area contributed by atoms with Crippen LogP contribution in [-0.2, 0) is 6.18 Å². The summed E-state index contributed by atoms with van der Waals surface area (Å²) in [7, 11) is 0. The summed E-state index contributed by atoms with van der Waals surface area (Å²) in [6.07, 6.45) is 0.266. The van der Waals surface area contributed by atoms with E-state index in [0.29, 0.717) is 39.7 Å². The second kappa shape index (κ2) is 9.10. The van der Waals surface area contributed by atoms with Gasteiger partial charge in [-0.3, -0.25) is 9.78 Å². The van der Waals surface area contributed by atoms with Crippen molar-refractivity contribution >= 4 is 34.3 Å². The molecule has 0 spiro atoms. The van der Waals surface area contributed by atoms with Crippen molar-refractivity contribution in [3.63, 3.8) is 0 Å². The van der Waals surface area contributed by atoms with Gasteiger partial charge >= 0.3 is 6.18 Å². The maximum absolute atomic E-state index is 13.0. The van der Waals surface area contributed by atoms with Crippen LogP contribution in [0.25, 0.3) is 22.6 Å². The first kappa shape index (κ1) is 23.0. The average molecular weight is 489 g/mol. The van der Waals surface area contributed by atoms with Gasteiger partial charge in [-0.25, -0.2) is 15.0 Å². The number of H-pyrrole nitrogens is 1. The van der Waals surface area contributed by atoms with Gasteiger partial charge in [-0.05, 0) is 55.0 Å². The lowest BCUT2D eigenvalue weighted by Gasteiger charge is -2.14. The van der Waals surface area contributed by atoms with E-state index in [1.165, 1.54) is 18.5 Å². The van der Waals surface area contributed by atoms with Gasteiger partial charge in [0.2, 0.25) is 0 Å². The Morgan fingerprint density at radius 2 is 1.89 bits per heavy atom. The fraction of sp³-hybridized carbons (Fsp3) is 0.0800. The Balaban J connectivity index is 1.44. The van der Waals surface area contributed by atoms with Gasteiger partial charge in [-0.1, -0.05) is 12.1 Å². The number of carbonyl (C=O) groups is 1. The number of pyridine rings is 1. The van der Waals surface area contributed by atoms with Crippen LogP contribution in [0.3, 0.4) is 0 Å². The number of nitrogens with one attached hydrogen (secondary N) is 3. The fourth-order valence-corrected chi connectivity index (χ4v) is 3.55. The largest absolute Gasteiger partial charge is 0.416 e. The van der Waals surface area contributed by atoms with E-state index >= 15 is 0 Å². The van der Waals surface area contributed by atoms with Crippen LogP contribution in [-0.4, -0.2) is 30.8 Å². The molecular weight excluding hydrogens is 471 g/mol. The Bertz CT molecular complexity index is 1570. The summed E-state index contributed by atoms with van der Waals surface area (Å²) in [6.45, 7) is 1.87. The van der Waals surface area contributed by atoms with Crippen LogP contribution in [0, 0.1) is 6.92 Å². The quantitative estimate of drug-likeness (QED) is 0.291. The first-order chi connectivity index (χ1) is 17.3. The summed E-state index contributed by atoms with van der Waals surface area (Å²) in [5.74, 6) is 0.227. The highest BCUT2D eigenvalue weighted by Crippen LogP contribution is 2.31. The van der Waals surface area contributed by atoms with E-state index in [1.54, 1.807) is 36.7 Å². The number of rotatable bonds is 5. The summed E-state index contributed by atoms with van der Waals surface area (Å²) in [5.41, 5.74) is 2.63. The average Bonchev–Trinajstić information content (AvgIpc) is 3.35. The predicted octanol–water partition coefficient (Wildman–Crippen LogP) is 5.74. The van der Waals surface area contributed by atoms with Gasteiger partial charge in [0.15, 0.2) is 17.3 Å². The molecule has 180 valence electrons. The van der Waals surface area contributed by atoms with E-state index in [0.717, 1.165) is 17.7 Å². The number of aryl methyl sites for hydroxylation is 1. The van der Waals surface area contributed by atoms with Crippen LogP contribution in [0.1, 0.15) is 21.5 Å². The van der Waals surface area contributed by atoms with E-state index in [1.807, 2.05) is 13.0 Å². The Morgan fingerprint density at radius 1 is 1.03 bits per heavy atom. The van der Waals surface area contributed by atoms with Crippen LogP contribution in [0.15, 0.2) is 73.3 Å². The summed E-state index contributed by atoms with van der Waals surface area (Å²) in [4.78, 5) is 33.1. The third kappa shape index (κ3) is 4.71. The molecule has 0 atom stereocenters. The number of benzene rings is 2. The highest BCUT2D eigenvalue weighted by molar-refractivity contribution is 6.04. The summed E-state index contributed by atoms with van der Waals surface area (Å²) >= 11 is 0. The number of hydrogen-bond donors (Lipinski definition) is 3. The van der Waals surface area contributed by atoms with E-state index < -0.39 is 17.6 Å². The van der Waals surface area contributed by atoms with Gasteiger partial charge < -0.3 is 15.6 Å². The lowest BCUT2D eigenvalue weighted by molar-refractivity contribution is -0.137. The number of halogens is 3. The molecule has 5 rings (SSSR count). The maximum atomic E-state index is 13.0. The molecule has 0 fully saturated rings. The molecule has 1 amide bonds. The van der Waals surface area contributed by atoms with Crippen molar-refractivity contribution in [1.29, 1.82) is 0 Å². The lowest BCUT2D eigenvalue weighted by Crippen LogP contribution is -2.14. The van der Waals surface area contributed by atoms with Crippen LogP contribution in [0.4, 0.5) is 30.4 Å².